The molecule has 1 aromatic carbocycles. The molecular formula is C17H24BrN3O. The van der Waals surface area contributed by atoms with Crippen molar-refractivity contribution in [2.75, 3.05) is 19.7 Å². The highest BCUT2D eigenvalue weighted by Crippen LogP contribution is 2.44. The van der Waals surface area contributed by atoms with Gasteiger partial charge in [-0.15, -0.1) is 0 Å². The van der Waals surface area contributed by atoms with E-state index in [2.05, 4.69) is 50.5 Å². The van der Waals surface area contributed by atoms with Crippen molar-refractivity contribution in [2.45, 2.75) is 43.6 Å². The molecule has 1 aromatic rings. The number of guanidine groups is 1. The Hall–Kier alpha value is -1.07. The summed E-state index contributed by atoms with van der Waals surface area (Å²) in [6.07, 6.45) is 6.19. The van der Waals surface area contributed by atoms with Crippen LogP contribution in [0.5, 0.6) is 0 Å². The van der Waals surface area contributed by atoms with E-state index in [4.69, 9.17) is 10.5 Å². The van der Waals surface area contributed by atoms with Gasteiger partial charge in [-0.25, -0.2) is 0 Å². The molecule has 2 aliphatic rings. The van der Waals surface area contributed by atoms with E-state index in [1.165, 1.54) is 24.8 Å². The van der Waals surface area contributed by atoms with E-state index in [0.717, 1.165) is 37.0 Å². The van der Waals surface area contributed by atoms with E-state index in [1.54, 1.807) is 0 Å². The molecule has 1 atom stereocenters. The fourth-order valence-corrected chi connectivity index (χ4v) is 3.68. The van der Waals surface area contributed by atoms with Crippen molar-refractivity contribution in [3.05, 3.63) is 34.3 Å². The summed E-state index contributed by atoms with van der Waals surface area (Å²) in [5, 5.41) is 3.20. The molecule has 1 unspecified atom stereocenters. The molecule has 0 radical (unpaired) electrons. The molecule has 0 spiro atoms. The Balaban J connectivity index is 1.58. The number of nitrogens with zero attached hydrogens (tertiary/aromatic N) is 1. The second-order valence-corrected chi connectivity index (χ2v) is 7.28. The first kappa shape index (κ1) is 15.8. The first-order valence-corrected chi connectivity index (χ1v) is 8.89. The van der Waals surface area contributed by atoms with Gasteiger partial charge in [0.1, 0.15) is 0 Å². The van der Waals surface area contributed by atoms with Crippen molar-refractivity contribution in [1.29, 1.82) is 0 Å². The topological polar surface area (TPSA) is 59.6 Å². The van der Waals surface area contributed by atoms with Gasteiger partial charge >= 0.3 is 0 Å². The van der Waals surface area contributed by atoms with Gasteiger partial charge in [0.25, 0.3) is 0 Å². The standard InChI is InChI=1S/C17H24BrN3O/c18-14-5-1-4-13(10-14)17(7-3-8-17)12-21-16(19)20-11-15-6-2-9-22-15/h1,4-5,10,15H,2-3,6-9,11-12H2,(H3,19,20,21). The van der Waals surface area contributed by atoms with Crippen LogP contribution < -0.4 is 11.1 Å². The second kappa shape index (κ2) is 7.01. The lowest BCUT2D eigenvalue weighted by Gasteiger charge is -2.41. The number of hydrogen-bond acceptors (Lipinski definition) is 2. The number of rotatable bonds is 5. The molecule has 22 heavy (non-hydrogen) atoms. The van der Waals surface area contributed by atoms with Crippen LogP contribution in [0.25, 0.3) is 0 Å². The molecule has 1 aliphatic carbocycles. The van der Waals surface area contributed by atoms with Crippen molar-refractivity contribution < 1.29 is 4.74 Å². The van der Waals surface area contributed by atoms with Crippen LogP contribution in [0.15, 0.2) is 33.7 Å². The average molecular weight is 366 g/mol. The molecule has 4 nitrogen and oxygen atoms in total. The SMILES string of the molecule is NC(=NCC1(c2cccc(Br)c2)CCC1)NCC1CCCO1. The zero-order chi connectivity index (χ0) is 15.4. The summed E-state index contributed by atoms with van der Waals surface area (Å²) in [5.41, 5.74) is 7.55. The highest BCUT2D eigenvalue weighted by molar-refractivity contribution is 9.10. The number of aliphatic imine (C=N–C) groups is 1. The molecular weight excluding hydrogens is 342 g/mol. The largest absolute Gasteiger partial charge is 0.376 e. The average Bonchev–Trinajstić information content (AvgIpc) is 2.97. The maximum absolute atomic E-state index is 6.02. The van der Waals surface area contributed by atoms with Gasteiger partial charge in [-0.3, -0.25) is 4.99 Å². The summed E-state index contributed by atoms with van der Waals surface area (Å²) in [4.78, 5) is 4.60. The zero-order valence-electron chi connectivity index (χ0n) is 12.9. The van der Waals surface area contributed by atoms with Crippen LogP contribution in [-0.4, -0.2) is 31.8 Å². The van der Waals surface area contributed by atoms with Gasteiger partial charge in [0.2, 0.25) is 0 Å². The van der Waals surface area contributed by atoms with Gasteiger partial charge in [0.05, 0.1) is 12.6 Å². The van der Waals surface area contributed by atoms with Crippen LogP contribution in [0, 0.1) is 0 Å². The summed E-state index contributed by atoms with van der Waals surface area (Å²) in [5.74, 6) is 0.539. The molecule has 3 N–H and O–H groups in total. The molecule has 5 heteroatoms. The molecule has 1 saturated heterocycles. The first-order valence-electron chi connectivity index (χ1n) is 8.09. The summed E-state index contributed by atoms with van der Waals surface area (Å²) in [6, 6.07) is 8.58. The van der Waals surface area contributed by atoms with Crippen molar-refractivity contribution in [1.82, 2.24) is 5.32 Å². The quantitative estimate of drug-likeness (QED) is 0.622. The second-order valence-electron chi connectivity index (χ2n) is 6.36. The fraction of sp³-hybridized carbons (Fsp3) is 0.588. The Morgan fingerprint density at radius 3 is 2.91 bits per heavy atom. The predicted molar refractivity (Wildman–Crippen MR) is 93.1 cm³/mol. The third-order valence-electron chi connectivity index (χ3n) is 4.83. The number of nitrogens with two attached hydrogens (primary N) is 1. The highest BCUT2D eigenvalue weighted by atomic mass is 79.9. The molecule has 120 valence electrons. The van der Waals surface area contributed by atoms with Crippen LogP contribution in [0.3, 0.4) is 0 Å². The van der Waals surface area contributed by atoms with E-state index in [9.17, 15) is 0 Å². The van der Waals surface area contributed by atoms with E-state index < -0.39 is 0 Å². The van der Waals surface area contributed by atoms with Crippen molar-refractivity contribution in [3.8, 4) is 0 Å². The lowest BCUT2D eigenvalue weighted by atomic mass is 9.64. The molecule has 0 bridgehead atoms. The summed E-state index contributed by atoms with van der Waals surface area (Å²) in [6.45, 7) is 2.39. The third kappa shape index (κ3) is 3.63. The molecule has 0 aromatic heterocycles. The maximum atomic E-state index is 6.02. The van der Waals surface area contributed by atoms with E-state index in [0.29, 0.717) is 5.96 Å². The van der Waals surface area contributed by atoms with Gasteiger partial charge in [0.15, 0.2) is 5.96 Å². The number of ether oxygens (including phenoxy) is 1. The van der Waals surface area contributed by atoms with Crippen molar-refractivity contribution >= 4 is 21.9 Å². The van der Waals surface area contributed by atoms with E-state index in [-0.39, 0.29) is 11.5 Å². The van der Waals surface area contributed by atoms with Gasteiger partial charge in [-0.1, -0.05) is 34.5 Å². The Labute approximate surface area is 140 Å². The van der Waals surface area contributed by atoms with Crippen LogP contribution in [0.1, 0.15) is 37.7 Å². The Bertz CT molecular complexity index is 536. The number of nitrogens with one attached hydrogen (secondary N) is 1. The zero-order valence-corrected chi connectivity index (χ0v) is 14.4. The van der Waals surface area contributed by atoms with Crippen molar-refractivity contribution in [2.24, 2.45) is 10.7 Å². The molecule has 0 amide bonds. The van der Waals surface area contributed by atoms with Gasteiger partial charge in [0, 0.05) is 23.0 Å². The Morgan fingerprint density at radius 1 is 1.41 bits per heavy atom. The van der Waals surface area contributed by atoms with Crippen LogP contribution in [0.4, 0.5) is 0 Å². The Kier molecular flexibility index (Phi) is 5.03. The molecule has 1 saturated carbocycles. The van der Waals surface area contributed by atoms with E-state index in [1.807, 2.05) is 0 Å². The molecule has 1 heterocycles. The fourth-order valence-electron chi connectivity index (χ4n) is 3.28. The lowest BCUT2D eigenvalue weighted by molar-refractivity contribution is 0.114. The van der Waals surface area contributed by atoms with Crippen molar-refractivity contribution in [3.63, 3.8) is 0 Å². The number of hydrogen-bond donors (Lipinski definition) is 2. The molecule has 1 aliphatic heterocycles. The number of halogens is 1. The van der Waals surface area contributed by atoms with Crippen LogP contribution in [0.2, 0.25) is 0 Å². The maximum Gasteiger partial charge on any atom is 0.188 e. The first-order chi connectivity index (χ1) is 10.7. The summed E-state index contributed by atoms with van der Waals surface area (Å²) < 4.78 is 6.71. The van der Waals surface area contributed by atoms with Gasteiger partial charge in [-0.2, -0.15) is 0 Å². The third-order valence-corrected chi connectivity index (χ3v) is 5.33. The minimum absolute atomic E-state index is 0.167. The lowest BCUT2D eigenvalue weighted by Crippen LogP contribution is -2.41. The van der Waals surface area contributed by atoms with E-state index >= 15 is 0 Å². The predicted octanol–water partition coefficient (Wildman–Crippen LogP) is 2.95. The highest BCUT2D eigenvalue weighted by Gasteiger charge is 2.38. The summed E-state index contributed by atoms with van der Waals surface area (Å²) >= 11 is 3.56. The Morgan fingerprint density at radius 2 is 2.27 bits per heavy atom. The molecule has 2 fully saturated rings. The minimum atomic E-state index is 0.167. The smallest absolute Gasteiger partial charge is 0.188 e. The number of benzene rings is 1. The van der Waals surface area contributed by atoms with Gasteiger partial charge < -0.3 is 15.8 Å². The summed E-state index contributed by atoms with van der Waals surface area (Å²) in [7, 11) is 0. The minimum Gasteiger partial charge on any atom is -0.376 e. The van der Waals surface area contributed by atoms with Gasteiger partial charge in [-0.05, 0) is 43.4 Å². The van der Waals surface area contributed by atoms with Crippen LogP contribution in [-0.2, 0) is 10.2 Å². The molecule has 3 rings (SSSR count). The van der Waals surface area contributed by atoms with Crippen LogP contribution >= 0.6 is 15.9 Å². The normalized spacial score (nSPS) is 24.0. The monoisotopic (exact) mass is 365 g/mol.